The lowest BCUT2D eigenvalue weighted by atomic mass is 10.2. The van der Waals surface area contributed by atoms with Crippen molar-refractivity contribution in [3.8, 4) is 11.5 Å². The number of aromatic nitrogens is 2. The minimum atomic E-state index is -3.65. The Kier molecular flexibility index (Phi) is 5.67. The van der Waals surface area contributed by atoms with E-state index in [1.165, 1.54) is 4.31 Å². The fourth-order valence-electron chi connectivity index (χ4n) is 3.59. The van der Waals surface area contributed by atoms with Crippen LogP contribution in [0.3, 0.4) is 0 Å². The van der Waals surface area contributed by atoms with Gasteiger partial charge in [0.15, 0.2) is 11.5 Å². The van der Waals surface area contributed by atoms with Gasteiger partial charge in [-0.25, -0.2) is 8.42 Å². The minimum absolute atomic E-state index is 0.146. The van der Waals surface area contributed by atoms with Crippen LogP contribution in [0, 0.1) is 13.8 Å². The zero-order chi connectivity index (χ0) is 21.3. The van der Waals surface area contributed by atoms with Gasteiger partial charge < -0.3 is 19.5 Å². The Bertz CT molecular complexity index is 1060. The molecule has 1 fully saturated rings. The number of aryl methyl sites for hydroxylation is 2. The van der Waals surface area contributed by atoms with E-state index in [1.807, 2.05) is 0 Å². The van der Waals surface area contributed by atoms with Crippen LogP contribution in [0.4, 0.5) is 5.69 Å². The van der Waals surface area contributed by atoms with Gasteiger partial charge in [0.1, 0.15) is 4.90 Å². The second-order valence-corrected chi connectivity index (χ2v) is 8.98. The van der Waals surface area contributed by atoms with E-state index in [4.69, 9.17) is 14.2 Å². The van der Waals surface area contributed by atoms with Gasteiger partial charge in [0.05, 0.1) is 31.1 Å². The molecular weight excluding hydrogens is 412 g/mol. The first-order chi connectivity index (χ1) is 14.4. The molecule has 4 rings (SSSR count). The number of hydrogen-bond donors (Lipinski definition) is 1. The van der Waals surface area contributed by atoms with Crippen LogP contribution in [0.2, 0.25) is 0 Å². The Balaban J connectivity index is 1.43. The molecule has 162 valence electrons. The second kappa shape index (κ2) is 8.25. The second-order valence-electron chi connectivity index (χ2n) is 7.11. The van der Waals surface area contributed by atoms with Crippen molar-refractivity contribution < 1.29 is 27.4 Å². The minimum Gasteiger partial charge on any atom is -0.454 e. The average molecular weight is 436 g/mol. The quantitative estimate of drug-likeness (QED) is 0.726. The van der Waals surface area contributed by atoms with Gasteiger partial charge in [-0.3, -0.25) is 9.48 Å². The van der Waals surface area contributed by atoms with Gasteiger partial charge in [0.2, 0.25) is 22.7 Å². The van der Waals surface area contributed by atoms with Crippen molar-refractivity contribution in [3.05, 3.63) is 29.6 Å². The maximum atomic E-state index is 13.0. The summed E-state index contributed by atoms with van der Waals surface area (Å²) >= 11 is 0. The number of benzene rings is 1. The molecular formula is C19H24N4O6S. The first-order valence-electron chi connectivity index (χ1n) is 9.67. The van der Waals surface area contributed by atoms with Gasteiger partial charge in [-0.2, -0.15) is 9.40 Å². The lowest BCUT2D eigenvalue weighted by Gasteiger charge is -2.26. The number of amides is 1. The molecule has 1 aromatic carbocycles. The molecule has 0 bridgehead atoms. The van der Waals surface area contributed by atoms with Crippen LogP contribution in [0.25, 0.3) is 0 Å². The normalized spacial score (nSPS) is 16.6. The number of ether oxygens (including phenoxy) is 3. The van der Waals surface area contributed by atoms with Crippen molar-refractivity contribution in [2.24, 2.45) is 0 Å². The van der Waals surface area contributed by atoms with E-state index >= 15 is 0 Å². The summed E-state index contributed by atoms with van der Waals surface area (Å²) < 4.78 is 44.9. The molecule has 10 nitrogen and oxygen atoms in total. The zero-order valence-corrected chi connectivity index (χ0v) is 17.7. The highest BCUT2D eigenvalue weighted by Crippen LogP contribution is 2.34. The highest BCUT2D eigenvalue weighted by atomic mass is 32.2. The Morgan fingerprint density at radius 3 is 2.67 bits per heavy atom. The summed E-state index contributed by atoms with van der Waals surface area (Å²) in [5, 5.41) is 7.17. The van der Waals surface area contributed by atoms with Gasteiger partial charge in [0, 0.05) is 31.3 Å². The number of nitrogens with one attached hydrogen (secondary N) is 1. The SMILES string of the molecule is Cc1nn(CCC(=O)Nc2ccc3c(c2)OCO3)c(C)c1S(=O)(=O)N1CCOCC1. The molecule has 0 atom stereocenters. The van der Waals surface area contributed by atoms with Crippen LogP contribution < -0.4 is 14.8 Å². The van der Waals surface area contributed by atoms with Crippen molar-refractivity contribution >= 4 is 21.6 Å². The molecule has 0 unspecified atom stereocenters. The number of anilines is 1. The van der Waals surface area contributed by atoms with E-state index in [0.29, 0.717) is 54.9 Å². The van der Waals surface area contributed by atoms with Crippen LogP contribution in [-0.4, -0.2) is 61.5 Å². The number of nitrogens with zero attached hydrogens (tertiary/aromatic N) is 3. The summed E-state index contributed by atoms with van der Waals surface area (Å²) in [6, 6.07) is 5.18. The Morgan fingerprint density at radius 1 is 1.17 bits per heavy atom. The summed E-state index contributed by atoms with van der Waals surface area (Å²) in [7, 11) is -3.65. The van der Waals surface area contributed by atoms with Gasteiger partial charge in [-0.1, -0.05) is 0 Å². The topological polar surface area (TPSA) is 112 Å². The van der Waals surface area contributed by atoms with Crippen LogP contribution in [0.15, 0.2) is 23.1 Å². The Hall–Kier alpha value is -2.63. The predicted molar refractivity (Wildman–Crippen MR) is 107 cm³/mol. The molecule has 2 aliphatic heterocycles. The molecule has 1 aromatic heterocycles. The van der Waals surface area contributed by atoms with E-state index in [2.05, 4.69) is 10.4 Å². The predicted octanol–water partition coefficient (Wildman–Crippen LogP) is 1.28. The number of rotatable bonds is 6. The largest absolute Gasteiger partial charge is 0.454 e. The molecule has 2 aromatic rings. The molecule has 11 heteroatoms. The van der Waals surface area contributed by atoms with Crippen molar-refractivity contribution in [2.45, 2.75) is 31.7 Å². The van der Waals surface area contributed by atoms with Crippen LogP contribution >= 0.6 is 0 Å². The lowest BCUT2D eigenvalue weighted by Crippen LogP contribution is -2.41. The molecule has 3 heterocycles. The number of carbonyl (C=O) groups excluding carboxylic acids is 1. The molecule has 1 saturated heterocycles. The summed E-state index contributed by atoms with van der Waals surface area (Å²) in [6.07, 6.45) is 0.146. The summed E-state index contributed by atoms with van der Waals surface area (Å²) in [4.78, 5) is 12.6. The zero-order valence-electron chi connectivity index (χ0n) is 16.9. The van der Waals surface area contributed by atoms with Crippen LogP contribution in [0.1, 0.15) is 17.8 Å². The first kappa shape index (κ1) is 20.6. The average Bonchev–Trinajstić information content (AvgIpc) is 3.30. The van der Waals surface area contributed by atoms with Crippen molar-refractivity contribution in [1.29, 1.82) is 0 Å². The molecule has 0 saturated carbocycles. The third-order valence-corrected chi connectivity index (χ3v) is 7.24. The van der Waals surface area contributed by atoms with Crippen LogP contribution in [-0.2, 0) is 26.1 Å². The van der Waals surface area contributed by atoms with E-state index < -0.39 is 10.0 Å². The molecule has 0 spiro atoms. The fourth-order valence-corrected chi connectivity index (χ4v) is 5.37. The molecule has 30 heavy (non-hydrogen) atoms. The number of fused-ring (bicyclic) bond motifs is 1. The standard InChI is InChI=1S/C19H24N4O6S/c1-13-19(30(25,26)22-7-9-27-10-8-22)14(2)23(21-13)6-5-18(24)20-15-3-4-16-17(11-15)29-12-28-16/h3-4,11H,5-10,12H2,1-2H3,(H,20,24). The Morgan fingerprint density at radius 2 is 1.90 bits per heavy atom. The molecule has 0 radical (unpaired) electrons. The van der Waals surface area contributed by atoms with Gasteiger partial charge >= 0.3 is 0 Å². The van der Waals surface area contributed by atoms with E-state index in [1.54, 1.807) is 36.7 Å². The van der Waals surface area contributed by atoms with Crippen molar-refractivity contribution in [1.82, 2.24) is 14.1 Å². The number of morpholine rings is 1. The maximum absolute atomic E-state index is 13.0. The highest BCUT2D eigenvalue weighted by Gasteiger charge is 2.32. The summed E-state index contributed by atoms with van der Waals surface area (Å²) in [6.45, 7) is 5.22. The molecule has 0 aliphatic carbocycles. The fraction of sp³-hybridized carbons (Fsp3) is 0.474. The van der Waals surface area contributed by atoms with E-state index in [-0.39, 0.29) is 30.6 Å². The van der Waals surface area contributed by atoms with Gasteiger partial charge in [-0.15, -0.1) is 0 Å². The number of carbonyl (C=O) groups is 1. The number of sulfonamides is 1. The van der Waals surface area contributed by atoms with Crippen molar-refractivity contribution in [3.63, 3.8) is 0 Å². The monoisotopic (exact) mass is 436 g/mol. The van der Waals surface area contributed by atoms with Crippen LogP contribution in [0.5, 0.6) is 11.5 Å². The lowest BCUT2D eigenvalue weighted by molar-refractivity contribution is -0.116. The maximum Gasteiger partial charge on any atom is 0.246 e. The van der Waals surface area contributed by atoms with E-state index in [0.717, 1.165) is 0 Å². The third-order valence-electron chi connectivity index (χ3n) is 5.09. The van der Waals surface area contributed by atoms with E-state index in [9.17, 15) is 13.2 Å². The molecule has 1 N–H and O–H groups in total. The van der Waals surface area contributed by atoms with Gasteiger partial charge in [-0.05, 0) is 26.0 Å². The molecule has 2 aliphatic rings. The van der Waals surface area contributed by atoms with Crippen molar-refractivity contribution in [2.75, 3.05) is 38.4 Å². The summed E-state index contributed by atoms with van der Waals surface area (Å²) in [5.41, 5.74) is 1.55. The summed E-state index contributed by atoms with van der Waals surface area (Å²) in [5.74, 6) is 1.02. The first-order valence-corrected chi connectivity index (χ1v) is 11.1. The smallest absolute Gasteiger partial charge is 0.246 e. The highest BCUT2D eigenvalue weighted by molar-refractivity contribution is 7.89. The number of hydrogen-bond acceptors (Lipinski definition) is 7. The Labute approximate surface area is 174 Å². The molecule has 1 amide bonds. The van der Waals surface area contributed by atoms with Gasteiger partial charge in [0.25, 0.3) is 0 Å². The third kappa shape index (κ3) is 4.00.